The molecule has 1 aliphatic carbocycles. The Bertz CT molecular complexity index is 286. The van der Waals surface area contributed by atoms with Crippen LogP contribution in [0.25, 0.3) is 0 Å². The van der Waals surface area contributed by atoms with E-state index in [1.165, 1.54) is 7.11 Å². The SMILES string of the molecule is C=CCC1(C(=O)OC)CCC/C(=N\O)C1. The quantitative estimate of drug-likeness (QED) is 0.336. The molecular formula is C11H17NO3. The first-order chi connectivity index (χ1) is 7.18. The maximum Gasteiger partial charge on any atom is 0.312 e. The average Bonchev–Trinajstić information content (AvgIpc) is 2.28. The van der Waals surface area contributed by atoms with Crippen molar-refractivity contribution in [3.8, 4) is 0 Å². The zero-order valence-electron chi connectivity index (χ0n) is 9.03. The number of nitrogens with zero attached hydrogens (tertiary/aromatic N) is 1. The van der Waals surface area contributed by atoms with Crippen molar-refractivity contribution in [2.24, 2.45) is 10.6 Å². The van der Waals surface area contributed by atoms with Gasteiger partial charge >= 0.3 is 5.97 Å². The van der Waals surface area contributed by atoms with Gasteiger partial charge in [-0.25, -0.2) is 0 Å². The van der Waals surface area contributed by atoms with Gasteiger partial charge in [0.15, 0.2) is 0 Å². The van der Waals surface area contributed by atoms with Crippen LogP contribution in [-0.2, 0) is 9.53 Å². The Morgan fingerprint density at radius 1 is 1.80 bits per heavy atom. The summed E-state index contributed by atoms with van der Waals surface area (Å²) in [6.45, 7) is 3.66. The van der Waals surface area contributed by atoms with E-state index >= 15 is 0 Å². The van der Waals surface area contributed by atoms with Gasteiger partial charge in [0, 0.05) is 6.42 Å². The summed E-state index contributed by atoms with van der Waals surface area (Å²) in [5.41, 5.74) is 0.115. The van der Waals surface area contributed by atoms with Crippen molar-refractivity contribution < 1.29 is 14.7 Å². The molecule has 15 heavy (non-hydrogen) atoms. The first-order valence-electron chi connectivity index (χ1n) is 5.07. The molecule has 1 fully saturated rings. The summed E-state index contributed by atoms with van der Waals surface area (Å²) in [5, 5.41) is 12.0. The maximum atomic E-state index is 11.7. The maximum absolute atomic E-state index is 11.7. The molecule has 1 saturated carbocycles. The van der Waals surface area contributed by atoms with Crippen LogP contribution < -0.4 is 0 Å². The average molecular weight is 211 g/mol. The van der Waals surface area contributed by atoms with Crippen molar-refractivity contribution in [3.63, 3.8) is 0 Å². The number of hydrogen-bond donors (Lipinski definition) is 1. The lowest BCUT2D eigenvalue weighted by molar-refractivity contribution is -0.153. The minimum atomic E-state index is -0.559. The van der Waals surface area contributed by atoms with Crippen LogP contribution in [0.2, 0.25) is 0 Å². The minimum absolute atomic E-state index is 0.233. The summed E-state index contributed by atoms with van der Waals surface area (Å²) in [7, 11) is 1.39. The molecule has 1 aliphatic rings. The van der Waals surface area contributed by atoms with Crippen LogP contribution in [0.3, 0.4) is 0 Å². The molecule has 0 amide bonds. The van der Waals surface area contributed by atoms with Gasteiger partial charge in [-0.1, -0.05) is 11.2 Å². The third kappa shape index (κ3) is 2.37. The Hall–Kier alpha value is -1.32. The van der Waals surface area contributed by atoms with Gasteiger partial charge in [0.05, 0.1) is 18.2 Å². The lowest BCUT2D eigenvalue weighted by atomic mass is 9.71. The van der Waals surface area contributed by atoms with Crippen LogP contribution >= 0.6 is 0 Å². The molecule has 4 heteroatoms. The number of hydrogen-bond acceptors (Lipinski definition) is 4. The van der Waals surface area contributed by atoms with Crippen LogP contribution in [0.1, 0.15) is 32.1 Å². The Kier molecular flexibility index (Phi) is 3.88. The lowest BCUT2D eigenvalue weighted by Crippen LogP contribution is -2.37. The van der Waals surface area contributed by atoms with E-state index in [-0.39, 0.29) is 5.97 Å². The zero-order chi connectivity index (χ0) is 11.3. The van der Waals surface area contributed by atoms with Gasteiger partial charge in [0.25, 0.3) is 0 Å². The topological polar surface area (TPSA) is 58.9 Å². The van der Waals surface area contributed by atoms with E-state index in [0.717, 1.165) is 19.3 Å². The molecule has 0 aliphatic heterocycles. The molecule has 4 nitrogen and oxygen atoms in total. The predicted octanol–water partition coefficient (Wildman–Crippen LogP) is 2.13. The van der Waals surface area contributed by atoms with Gasteiger partial charge in [-0.2, -0.15) is 0 Å². The number of carbonyl (C=O) groups excluding carboxylic acids is 1. The monoisotopic (exact) mass is 211 g/mol. The highest BCUT2D eigenvalue weighted by atomic mass is 16.5. The molecule has 1 unspecified atom stereocenters. The van der Waals surface area contributed by atoms with Crippen LogP contribution in [0, 0.1) is 5.41 Å². The van der Waals surface area contributed by atoms with Crippen molar-refractivity contribution in [2.45, 2.75) is 32.1 Å². The number of rotatable bonds is 3. The number of carbonyl (C=O) groups is 1. The van der Waals surface area contributed by atoms with Gasteiger partial charge in [0.2, 0.25) is 0 Å². The van der Waals surface area contributed by atoms with E-state index < -0.39 is 5.41 Å². The highest BCUT2D eigenvalue weighted by molar-refractivity contribution is 5.91. The summed E-state index contributed by atoms with van der Waals surface area (Å²) < 4.78 is 4.82. The Morgan fingerprint density at radius 3 is 3.07 bits per heavy atom. The molecular weight excluding hydrogens is 194 g/mol. The molecule has 0 aromatic carbocycles. The Labute approximate surface area is 89.6 Å². The highest BCUT2D eigenvalue weighted by Crippen LogP contribution is 2.39. The first kappa shape index (κ1) is 11.8. The summed E-state index contributed by atoms with van der Waals surface area (Å²) in [4.78, 5) is 11.7. The number of ether oxygens (including phenoxy) is 1. The van der Waals surface area contributed by atoms with Gasteiger partial charge < -0.3 is 9.94 Å². The number of esters is 1. The van der Waals surface area contributed by atoms with Crippen molar-refractivity contribution in [1.29, 1.82) is 0 Å². The van der Waals surface area contributed by atoms with E-state index in [4.69, 9.17) is 9.94 Å². The first-order valence-corrected chi connectivity index (χ1v) is 5.07. The second-order valence-corrected chi connectivity index (χ2v) is 3.96. The van der Waals surface area contributed by atoms with Crippen molar-refractivity contribution in [2.75, 3.05) is 7.11 Å². The van der Waals surface area contributed by atoms with Crippen molar-refractivity contribution in [1.82, 2.24) is 0 Å². The van der Waals surface area contributed by atoms with Crippen LogP contribution in [-0.4, -0.2) is 24.0 Å². The number of oxime groups is 1. The predicted molar refractivity (Wildman–Crippen MR) is 57.0 cm³/mol. The normalized spacial score (nSPS) is 28.7. The smallest absolute Gasteiger partial charge is 0.312 e. The van der Waals surface area contributed by atoms with Gasteiger partial charge in [0.1, 0.15) is 0 Å². The Balaban J connectivity index is 2.89. The molecule has 0 bridgehead atoms. The fourth-order valence-electron chi connectivity index (χ4n) is 2.21. The summed E-state index contributed by atoms with van der Waals surface area (Å²) in [6.07, 6.45) is 5.14. The standard InChI is InChI=1S/C11H17NO3/c1-3-6-11(10(13)15-2)7-4-5-9(8-11)12-14/h3,14H,1,4-8H2,2H3/b12-9+. The minimum Gasteiger partial charge on any atom is -0.469 e. The fraction of sp³-hybridized carbons (Fsp3) is 0.636. The summed E-state index contributed by atoms with van der Waals surface area (Å²) in [5.74, 6) is -0.233. The third-order valence-electron chi connectivity index (χ3n) is 2.96. The molecule has 0 heterocycles. The molecule has 1 N–H and O–H groups in total. The fourth-order valence-corrected chi connectivity index (χ4v) is 2.21. The molecule has 0 spiro atoms. The molecule has 0 aromatic rings. The van der Waals surface area contributed by atoms with E-state index in [0.29, 0.717) is 18.6 Å². The molecule has 1 atom stereocenters. The summed E-state index contributed by atoms with van der Waals surface area (Å²) >= 11 is 0. The molecule has 0 saturated heterocycles. The molecule has 0 radical (unpaired) electrons. The van der Waals surface area contributed by atoms with E-state index in [1.807, 2.05) is 0 Å². The third-order valence-corrected chi connectivity index (χ3v) is 2.96. The largest absolute Gasteiger partial charge is 0.469 e. The Morgan fingerprint density at radius 2 is 2.53 bits per heavy atom. The van der Waals surface area contributed by atoms with Crippen LogP contribution in [0.15, 0.2) is 17.8 Å². The molecule has 84 valence electrons. The van der Waals surface area contributed by atoms with Crippen molar-refractivity contribution in [3.05, 3.63) is 12.7 Å². The van der Waals surface area contributed by atoms with E-state index in [2.05, 4.69) is 11.7 Å². The van der Waals surface area contributed by atoms with Gasteiger partial charge in [-0.05, 0) is 25.7 Å². The number of allylic oxidation sites excluding steroid dienone is 1. The molecule has 0 aromatic heterocycles. The summed E-state index contributed by atoms with van der Waals surface area (Å²) in [6, 6.07) is 0. The van der Waals surface area contributed by atoms with Crippen LogP contribution in [0.5, 0.6) is 0 Å². The highest BCUT2D eigenvalue weighted by Gasteiger charge is 2.41. The van der Waals surface area contributed by atoms with Gasteiger partial charge in [-0.3, -0.25) is 4.79 Å². The van der Waals surface area contributed by atoms with Crippen molar-refractivity contribution >= 4 is 11.7 Å². The van der Waals surface area contributed by atoms with E-state index in [1.54, 1.807) is 6.08 Å². The molecule has 1 rings (SSSR count). The van der Waals surface area contributed by atoms with Gasteiger partial charge in [-0.15, -0.1) is 6.58 Å². The lowest BCUT2D eigenvalue weighted by Gasteiger charge is -2.33. The van der Waals surface area contributed by atoms with Crippen LogP contribution in [0.4, 0.5) is 0 Å². The second kappa shape index (κ2) is 4.96. The second-order valence-electron chi connectivity index (χ2n) is 3.96. The number of methoxy groups -OCH3 is 1. The zero-order valence-corrected chi connectivity index (χ0v) is 9.03. The van der Waals surface area contributed by atoms with E-state index in [9.17, 15) is 4.79 Å².